The van der Waals surface area contributed by atoms with E-state index in [0.29, 0.717) is 37.3 Å². The van der Waals surface area contributed by atoms with Crippen LogP contribution in [0.5, 0.6) is 0 Å². The third-order valence-electron chi connectivity index (χ3n) is 5.34. The number of rotatable bonds is 3. The monoisotopic (exact) mass is 373 g/mol. The van der Waals surface area contributed by atoms with E-state index in [1.165, 1.54) is 6.20 Å². The lowest BCUT2D eigenvalue weighted by Crippen LogP contribution is -2.30. The summed E-state index contributed by atoms with van der Waals surface area (Å²) in [5.74, 6) is -1.88. The predicted molar refractivity (Wildman–Crippen MR) is 97.9 cm³/mol. The van der Waals surface area contributed by atoms with Crippen LogP contribution < -0.4 is 10.3 Å². The Balaban J connectivity index is 1.87. The van der Waals surface area contributed by atoms with Crippen LogP contribution in [0, 0.1) is 5.82 Å². The Morgan fingerprint density at radius 1 is 1.19 bits per heavy atom. The van der Waals surface area contributed by atoms with Gasteiger partial charge in [-0.3, -0.25) is 9.59 Å². The number of anilines is 1. The number of pyridine rings is 1. The van der Waals surface area contributed by atoms with Crippen molar-refractivity contribution in [1.82, 2.24) is 9.47 Å². The Labute approximate surface area is 154 Å². The van der Waals surface area contributed by atoms with Crippen molar-refractivity contribution >= 4 is 28.5 Å². The zero-order valence-corrected chi connectivity index (χ0v) is 14.9. The molecule has 27 heavy (non-hydrogen) atoms. The topological polar surface area (TPSA) is 82.8 Å². The Morgan fingerprint density at radius 2 is 1.93 bits per heavy atom. The molecule has 1 amide bonds. The smallest absolute Gasteiger partial charge is 0.341 e. The second kappa shape index (κ2) is 6.37. The van der Waals surface area contributed by atoms with E-state index >= 15 is 0 Å². The Bertz CT molecular complexity index is 1010. The lowest BCUT2D eigenvalue weighted by atomic mass is 10.1. The number of benzene rings is 1. The maximum Gasteiger partial charge on any atom is 0.341 e. The van der Waals surface area contributed by atoms with Crippen LogP contribution in [0.4, 0.5) is 10.1 Å². The van der Waals surface area contributed by atoms with Crippen LogP contribution in [-0.4, -0.2) is 53.1 Å². The summed E-state index contributed by atoms with van der Waals surface area (Å²) in [5, 5.41) is 9.38. The van der Waals surface area contributed by atoms with Gasteiger partial charge in [-0.15, -0.1) is 0 Å². The molecule has 8 heteroatoms. The van der Waals surface area contributed by atoms with Gasteiger partial charge in [-0.05, 0) is 25.0 Å². The van der Waals surface area contributed by atoms with E-state index in [1.807, 2.05) is 4.90 Å². The molecule has 0 spiro atoms. The molecule has 0 unspecified atom stereocenters. The van der Waals surface area contributed by atoms with E-state index in [1.54, 1.807) is 22.6 Å². The number of amides is 1. The van der Waals surface area contributed by atoms with Crippen molar-refractivity contribution < 1.29 is 19.1 Å². The number of carboxylic acid groups (broad SMARTS) is 1. The molecule has 2 aromatic rings. The standard InChI is InChI=1S/C19H20FN3O4/c1-21-6-7-22(5-4-17(21)24)16-9-15-12(8-14(16)20)18(25)13(19(26)27)10-23(15)11-2-3-11/h8-11H,2-7H2,1H3,(H,26,27). The van der Waals surface area contributed by atoms with Crippen molar-refractivity contribution in [3.8, 4) is 0 Å². The van der Waals surface area contributed by atoms with Crippen LogP contribution in [0.3, 0.4) is 0 Å². The summed E-state index contributed by atoms with van der Waals surface area (Å²) in [4.78, 5) is 39.3. The lowest BCUT2D eigenvalue weighted by molar-refractivity contribution is -0.129. The zero-order chi connectivity index (χ0) is 19.3. The molecule has 1 aliphatic heterocycles. The van der Waals surface area contributed by atoms with Crippen LogP contribution in [-0.2, 0) is 4.79 Å². The molecule has 2 aliphatic rings. The summed E-state index contributed by atoms with van der Waals surface area (Å²) in [6.07, 6.45) is 3.45. The molecule has 1 saturated heterocycles. The minimum atomic E-state index is -1.31. The van der Waals surface area contributed by atoms with E-state index in [2.05, 4.69) is 0 Å². The summed E-state index contributed by atoms with van der Waals surface area (Å²) in [7, 11) is 1.72. The average Bonchev–Trinajstić information content (AvgIpc) is 3.47. The molecule has 4 rings (SSSR count). The first-order valence-electron chi connectivity index (χ1n) is 8.97. The van der Waals surface area contributed by atoms with Crippen LogP contribution in [0.1, 0.15) is 35.7 Å². The quantitative estimate of drug-likeness (QED) is 0.888. The summed E-state index contributed by atoms with van der Waals surface area (Å²) in [6.45, 7) is 1.38. The second-order valence-electron chi connectivity index (χ2n) is 7.19. The van der Waals surface area contributed by atoms with Gasteiger partial charge in [-0.2, -0.15) is 0 Å². The number of likely N-dealkylation sites (N-methyl/N-ethyl adjacent to an activating group) is 1. The number of carbonyl (C=O) groups excluding carboxylic acids is 1. The number of aromatic nitrogens is 1. The third kappa shape index (κ3) is 3.05. The van der Waals surface area contributed by atoms with Gasteiger partial charge in [0.15, 0.2) is 0 Å². The van der Waals surface area contributed by atoms with Gasteiger partial charge in [-0.25, -0.2) is 9.18 Å². The van der Waals surface area contributed by atoms with Crippen molar-refractivity contribution in [3.05, 3.63) is 39.9 Å². The van der Waals surface area contributed by atoms with Crippen LogP contribution in [0.2, 0.25) is 0 Å². The molecule has 1 N–H and O–H groups in total. The van der Waals surface area contributed by atoms with Gasteiger partial charge in [0.25, 0.3) is 0 Å². The number of nitrogens with zero attached hydrogens (tertiary/aromatic N) is 3. The Kier molecular flexibility index (Phi) is 4.13. The molecule has 2 heterocycles. The van der Waals surface area contributed by atoms with Crippen molar-refractivity contribution in [2.75, 3.05) is 31.6 Å². The van der Waals surface area contributed by atoms with Gasteiger partial charge in [0.05, 0.1) is 11.2 Å². The highest BCUT2D eigenvalue weighted by Gasteiger charge is 2.28. The number of hydrogen-bond donors (Lipinski definition) is 1. The molecular formula is C19H20FN3O4. The zero-order valence-electron chi connectivity index (χ0n) is 14.9. The number of carboxylic acids is 1. The number of aromatic carboxylic acids is 1. The van der Waals surface area contributed by atoms with E-state index in [9.17, 15) is 23.9 Å². The molecule has 0 bridgehead atoms. The molecule has 1 aromatic carbocycles. The van der Waals surface area contributed by atoms with Crippen molar-refractivity contribution in [1.29, 1.82) is 0 Å². The summed E-state index contributed by atoms with van der Waals surface area (Å²) in [5.41, 5.74) is -0.149. The van der Waals surface area contributed by atoms with Crippen LogP contribution >= 0.6 is 0 Å². The fraction of sp³-hybridized carbons (Fsp3) is 0.421. The first-order chi connectivity index (χ1) is 12.9. The molecule has 142 valence electrons. The molecule has 1 aromatic heterocycles. The average molecular weight is 373 g/mol. The SMILES string of the molecule is CN1CCN(c2cc3c(cc2F)c(=O)c(C(=O)O)cn3C2CC2)CCC1=O. The minimum Gasteiger partial charge on any atom is -0.477 e. The first kappa shape index (κ1) is 17.5. The number of halogens is 1. The second-order valence-corrected chi connectivity index (χ2v) is 7.19. The van der Waals surface area contributed by atoms with E-state index in [0.717, 1.165) is 18.9 Å². The van der Waals surface area contributed by atoms with Crippen molar-refractivity contribution in [3.63, 3.8) is 0 Å². The van der Waals surface area contributed by atoms with Gasteiger partial charge in [0.1, 0.15) is 11.4 Å². The molecule has 0 atom stereocenters. The normalized spacial score (nSPS) is 18.1. The van der Waals surface area contributed by atoms with Crippen molar-refractivity contribution in [2.45, 2.75) is 25.3 Å². The van der Waals surface area contributed by atoms with Gasteiger partial charge >= 0.3 is 5.97 Å². The van der Waals surface area contributed by atoms with Gasteiger partial charge < -0.3 is 19.5 Å². The van der Waals surface area contributed by atoms with E-state index in [-0.39, 0.29) is 22.9 Å². The maximum atomic E-state index is 14.9. The van der Waals surface area contributed by atoms with Gasteiger partial charge in [0, 0.05) is 50.7 Å². The number of fused-ring (bicyclic) bond motifs is 1. The minimum absolute atomic E-state index is 0.0136. The Hall–Kier alpha value is -2.90. The summed E-state index contributed by atoms with van der Waals surface area (Å²) >= 11 is 0. The summed E-state index contributed by atoms with van der Waals surface area (Å²) in [6, 6.07) is 2.88. The van der Waals surface area contributed by atoms with E-state index in [4.69, 9.17) is 0 Å². The first-order valence-corrected chi connectivity index (χ1v) is 8.97. The van der Waals surface area contributed by atoms with E-state index < -0.39 is 17.2 Å². The van der Waals surface area contributed by atoms with Crippen LogP contribution in [0.25, 0.3) is 10.9 Å². The third-order valence-corrected chi connectivity index (χ3v) is 5.34. The Morgan fingerprint density at radius 3 is 2.59 bits per heavy atom. The lowest BCUT2D eigenvalue weighted by Gasteiger charge is -2.24. The molecule has 2 fully saturated rings. The highest BCUT2D eigenvalue weighted by molar-refractivity contribution is 5.93. The number of hydrogen-bond acceptors (Lipinski definition) is 4. The number of carbonyl (C=O) groups is 2. The predicted octanol–water partition coefficient (Wildman–Crippen LogP) is 1.84. The summed E-state index contributed by atoms with van der Waals surface area (Å²) < 4.78 is 16.6. The fourth-order valence-corrected chi connectivity index (χ4v) is 3.58. The van der Waals surface area contributed by atoms with Gasteiger partial charge in [-0.1, -0.05) is 0 Å². The molecule has 0 radical (unpaired) electrons. The molecule has 1 saturated carbocycles. The highest BCUT2D eigenvalue weighted by atomic mass is 19.1. The van der Waals surface area contributed by atoms with Crippen molar-refractivity contribution in [2.24, 2.45) is 0 Å². The maximum absolute atomic E-state index is 14.9. The van der Waals surface area contributed by atoms with Gasteiger partial charge in [0.2, 0.25) is 11.3 Å². The molecular weight excluding hydrogens is 353 g/mol. The van der Waals surface area contributed by atoms with Crippen LogP contribution in [0.15, 0.2) is 23.1 Å². The molecule has 7 nitrogen and oxygen atoms in total. The highest BCUT2D eigenvalue weighted by Crippen LogP contribution is 2.38. The molecule has 1 aliphatic carbocycles. The fourth-order valence-electron chi connectivity index (χ4n) is 3.58. The largest absolute Gasteiger partial charge is 0.477 e.